The van der Waals surface area contributed by atoms with Crippen LogP contribution in [0.4, 0.5) is 4.39 Å². The van der Waals surface area contributed by atoms with Crippen LogP contribution in [-0.2, 0) is 0 Å². The van der Waals surface area contributed by atoms with Crippen molar-refractivity contribution in [3.63, 3.8) is 0 Å². The van der Waals surface area contributed by atoms with Gasteiger partial charge in [-0.05, 0) is 17.5 Å². The van der Waals surface area contributed by atoms with Gasteiger partial charge in [-0.2, -0.15) is 0 Å². The van der Waals surface area contributed by atoms with Crippen LogP contribution in [0.15, 0.2) is 40.6 Å². The molecular formula is C15H7Cl2FN4OS. The highest BCUT2D eigenvalue weighted by molar-refractivity contribution is 7.13. The van der Waals surface area contributed by atoms with E-state index in [-0.39, 0.29) is 27.1 Å². The molecule has 4 rings (SSSR count). The lowest BCUT2D eigenvalue weighted by Gasteiger charge is -2.05. The van der Waals surface area contributed by atoms with Gasteiger partial charge >= 0.3 is 0 Å². The van der Waals surface area contributed by atoms with Crippen LogP contribution in [0.1, 0.15) is 0 Å². The van der Waals surface area contributed by atoms with Crippen molar-refractivity contribution >= 4 is 40.2 Å². The van der Waals surface area contributed by atoms with E-state index in [4.69, 9.17) is 23.2 Å². The van der Waals surface area contributed by atoms with E-state index in [2.05, 4.69) is 15.1 Å². The molecule has 9 heteroatoms. The van der Waals surface area contributed by atoms with Crippen LogP contribution < -0.4 is 5.56 Å². The Hall–Kier alpha value is -2.22. The molecule has 0 fully saturated rings. The standard InChI is InChI=1S/C15H7Cl2FN4OS/c16-13-7(4-9(18)14(17)21-13)10-5-12(23)22-15(20-10)8(6-19-22)11-2-1-3-24-11/h1-6,19H. The molecule has 4 heterocycles. The van der Waals surface area contributed by atoms with Crippen LogP contribution in [0.5, 0.6) is 0 Å². The van der Waals surface area contributed by atoms with Gasteiger partial charge in [0.1, 0.15) is 5.15 Å². The zero-order valence-electron chi connectivity index (χ0n) is 11.8. The van der Waals surface area contributed by atoms with Crippen LogP contribution >= 0.6 is 34.5 Å². The van der Waals surface area contributed by atoms with Gasteiger partial charge in [-0.15, -0.1) is 11.3 Å². The number of fused-ring (bicyclic) bond motifs is 1. The Bertz CT molecular complexity index is 1120. The van der Waals surface area contributed by atoms with Crippen molar-refractivity contribution in [2.45, 2.75) is 0 Å². The molecule has 0 radical (unpaired) electrons. The fourth-order valence-electron chi connectivity index (χ4n) is 2.36. The molecule has 0 aliphatic heterocycles. The van der Waals surface area contributed by atoms with Crippen molar-refractivity contribution in [2.24, 2.45) is 0 Å². The van der Waals surface area contributed by atoms with Crippen molar-refractivity contribution in [1.29, 1.82) is 0 Å². The number of thiophene rings is 1. The third-order valence-corrected chi connectivity index (χ3v) is 4.90. The number of halogens is 3. The zero-order chi connectivity index (χ0) is 16.8. The van der Waals surface area contributed by atoms with Gasteiger partial charge in [-0.25, -0.2) is 18.9 Å². The quantitative estimate of drug-likeness (QED) is 0.528. The summed E-state index contributed by atoms with van der Waals surface area (Å²) in [6.07, 6.45) is 1.70. The minimum Gasteiger partial charge on any atom is -0.296 e. The fourth-order valence-corrected chi connectivity index (χ4v) is 3.51. The maximum absolute atomic E-state index is 13.7. The predicted molar refractivity (Wildman–Crippen MR) is 92.3 cm³/mol. The van der Waals surface area contributed by atoms with E-state index in [1.165, 1.54) is 21.9 Å². The molecule has 5 nitrogen and oxygen atoms in total. The number of nitrogens with zero attached hydrogens (tertiary/aromatic N) is 3. The van der Waals surface area contributed by atoms with E-state index in [1.807, 2.05) is 17.5 Å². The van der Waals surface area contributed by atoms with E-state index < -0.39 is 5.82 Å². The number of aromatic amines is 1. The molecule has 4 aromatic heterocycles. The third kappa shape index (κ3) is 2.41. The Balaban J connectivity index is 2.00. The first-order valence-electron chi connectivity index (χ1n) is 6.71. The lowest BCUT2D eigenvalue weighted by atomic mass is 10.2. The second-order valence-corrected chi connectivity index (χ2v) is 6.57. The predicted octanol–water partition coefficient (Wildman–Crippen LogP) is 4.26. The normalized spacial score (nSPS) is 11.3. The van der Waals surface area contributed by atoms with Gasteiger partial charge in [0.15, 0.2) is 16.6 Å². The number of hydrogen-bond donors (Lipinski definition) is 1. The second kappa shape index (κ2) is 5.70. The Labute approximate surface area is 148 Å². The number of rotatable bonds is 2. The van der Waals surface area contributed by atoms with Gasteiger partial charge in [0, 0.05) is 22.7 Å². The first-order chi connectivity index (χ1) is 11.5. The summed E-state index contributed by atoms with van der Waals surface area (Å²) in [4.78, 5) is 21.5. The molecule has 0 amide bonds. The summed E-state index contributed by atoms with van der Waals surface area (Å²) in [7, 11) is 0. The van der Waals surface area contributed by atoms with Gasteiger partial charge < -0.3 is 0 Å². The average Bonchev–Trinajstić information content (AvgIpc) is 3.19. The van der Waals surface area contributed by atoms with Gasteiger partial charge in [0.2, 0.25) is 0 Å². The summed E-state index contributed by atoms with van der Waals surface area (Å²) >= 11 is 13.2. The first kappa shape index (κ1) is 15.3. The number of pyridine rings is 1. The molecule has 0 saturated heterocycles. The molecule has 0 saturated carbocycles. The number of aromatic nitrogens is 4. The van der Waals surface area contributed by atoms with Crippen LogP contribution in [0.3, 0.4) is 0 Å². The molecule has 0 unspecified atom stereocenters. The molecule has 0 atom stereocenters. The lowest BCUT2D eigenvalue weighted by Crippen LogP contribution is -2.14. The van der Waals surface area contributed by atoms with Crippen LogP contribution in [0.2, 0.25) is 10.3 Å². The van der Waals surface area contributed by atoms with E-state index in [9.17, 15) is 9.18 Å². The van der Waals surface area contributed by atoms with Gasteiger partial charge in [0.05, 0.1) is 11.3 Å². The number of nitrogens with one attached hydrogen (secondary N) is 1. The summed E-state index contributed by atoms with van der Waals surface area (Å²) in [5.41, 5.74) is 1.28. The van der Waals surface area contributed by atoms with Gasteiger partial charge in [0.25, 0.3) is 5.56 Å². The van der Waals surface area contributed by atoms with E-state index >= 15 is 0 Å². The number of H-pyrrole nitrogens is 1. The summed E-state index contributed by atoms with van der Waals surface area (Å²) in [6.45, 7) is 0. The summed E-state index contributed by atoms with van der Waals surface area (Å²) in [5, 5.41) is 4.44. The van der Waals surface area contributed by atoms with Crippen LogP contribution in [-0.4, -0.2) is 19.6 Å². The Morgan fingerprint density at radius 2 is 2.00 bits per heavy atom. The molecule has 0 aliphatic rings. The molecule has 0 bridgehead atoms. The van der Waals surface area contributed by atoms with Crippen molar-refractivity contribution in [1.82, 2.24) is 19.6 Å². The Morgan fingerprint density at radius 3 is 2.75 bits per heavy atom. The lowest BCUT2D eigenvalue weighted by molar-refractivity contribution is 0.622. The minimum absolute atomic E-state index is 0.0224. The highest BCUT2D eigenvalue weighted by Crippen LogP contribution is 2.31. The molecule has 0 aromatic carbocycles. The Morgan fingerprint density at radius 1 is 1.17 bits per heavy atom. The maximum atomic E-state index is 13.7. The van der Waals surface area contributed by atoms with E-state index in [0.717, 1.165) is 16.5 Å². The maximum Gasteiger partial charge on any atom is 0.273 e. The third-order valence-electron chi connectivity index (χ3n) is 3.45. The highest BCUT2D eigenvalue weighted by Gasteiger charge is 2.16. The molecule has 1 N–H and O–H groups in total. The largest absolute Gasteiger partial charge is 0.296 e. The monoisotopic (exact) mass is 380 g/mol. The topological polar surface area (TPSA) is 63.0 Å². The van der Waals surface area contributed by atoms with E-state index in [1.54, 1.807) is 6.20 Å². The summed E-state index contributed by atoms with van der Waals surface area (Å²) in [6, 6.07) is 6.20. The van der Waals surface area contributed by atoms with Gasteiger partial charge in [-0.3, -0.25) is 9.89 Å². The number of hydrogen-bond acceptors (Lipinski definition) is 4. The Kier molecular flexibility index (Phi) is 3.64. The van der Waals surface area contributed by atoms with Crippen molar-refractivity contribution in [3.8, 4) is 21.7 Å². The van der Waals surface area contributed by atoms with Crippen molar-refractivity contribution < 1.29 is 4.39 Å². The van der Waals surface area contributed by atoms with Crippen molar-refractivity contribution in [3.05, 3.63) is 62.3 Å². The van der Waals surface area contributed by atoms with Crippen molar-refractivity contribution in [2.75, 3.05) is 0 Å². The summed E-state index contributed by atoms with van der Waals surface area (Å²) < 4.78 is 15.0. The summed E-state index contributed by atoms with van der Waals surface area (Å²) in [5.74, 6) is -0.731. The SMILES string of the molecule is O=c1cc(-c2cc(F)c(Cl)nc2Cl)nc2c(-c3cccs3)c[nH]n12. The molecular weight excluding hydrogens is 374 g/mol. The zero-order valence-corrected chi connectivity index (χ0v) is 14.1. The molecule has 0 spiro atoms. The van der Waals surface area contributed by atoms with E-state index in [0.29, 0.717) is 5.65 Å². The molecule has 24 heavy (non-hydrogen) atoms. The molecule has 0 aliphatic carbocycles. The smallest absolute Gasteiger partial charge is 0.273 e. The second-order valence-electron chi connectivity index (χ2n) is 4.90. The first-order valence-corrected chi connectivity index (χ1v) is 8.35. The van der Waals surface area contributed by atoms with Crippen LogP contribution in [0, 0.1) is 5.82 Å². The average molecular weight is 381 g/mol. The molecule has 4 aromatic rings. The highest BCUT2D eigenvalue weighted by atomic mass is 35.5. The minimum atomic E-state index is -0.731. The fraction of sp³-hybridized carbons (Fsp3) is 0. The van der Waals surface area contributed by atoms with Gasteiger partial charge in [-0.1, -0.05) is 29.3 Å². The van der Waals surface area contributed by atoms with Crippen LogP contribution in [0.25, 0.3) is 27.3 Å². The molecule has 120 valence electrons.